The van der Waals surface area contributed by atoms with Crippen LogP contribution >= 0.6 is 35.2 Å². The molecule has 0 heterocycles. The summed E-state index contributed by atoms with van der Waals surface area (Å²) in [6.07, 6.45) is -4.61. The van der Waals surface area contributed by atoms with Crippen molar-refractivity contribution in [3.63, 3.8) is 0 Å². The molecule has 3 nitrogen and oxygen atoms in total. The van der Waals surface area contributed by atoms with Crippen molar-refractivity contribution in [2.75, 3.05) is 0 Å². The highest BCUT2D eigenvalue weighted by Gasteiger charge is 2.36. The number of rotatable bonds is 1. The van der Waals surface area contributed by atoms with Gasteiger partial charge in [-0.1, -0.05) is 0 Å². The lowest BCUT2D eigenvalue weighted by Crippen LogP contribution is -2.09. The Balaban J connectivity index is 3.49. The molecule has 1 aromatic rings. The minimum absolute atomic E-state index is 0.0885. The highest BCUT2D eigenvalue weighted by molar-refractivity contribution is 14.1. The molecule has 1 aromatic carbocycles. The van der Waals surface area contributed by atoms with E-state index in [0.717, 1.165) is 12.1 Å². The van der Waals surface area contributed by atoms with E-state index in [1.54, 1.807) is 0 Å². The second-order valence-electron chi connectivity index (χ2n) is 2.58. The third kappa shape index (κ3) is 2.74. The number of hydrogen-bond donors (Lipinski definition) is 1. The van der Waals surface area contributed by atoms with Gasteiger partial charge in [0.15, 0.2) is 0 Å². The van der Waals surface area contributed by atoms with E-state index in [1.807, 2.05) is 0 Å². The van der Waals surface area contributed by atoms with Crippen LogP contribution in [0.25, 0.3) is 0 Å². The second-order valence-corrected chi connectivity index (χ2v) is 4.18. The van der Waals surface area contributed by atoms with Crippen molar-refractivity contribution in [3.05, 3.63) is 31.4 Å². The Morgan fingerprint density at radius 3 is 2.33 bits per heavy atom. The first-order valence-electron chi connectivity index (χ1n) is 3.47. The van der Waals surface area contributed by atoms with Gasteiger partial charge in [0.05, 0.1) is 10.5 Å². The van der Waals surface area contributed by atoms with Gasteiger partial charge >= 0.3 is 6.18 Å². The average molecular weight is 349 g/mol. The minimum atomic E-state index is -4.61. The van der Waals surface area contributed by atoms with Crippen molar-refractivity contribution in [2.24, 2.45) is 0 Å². The number of thiol groups is 1. The lowest BCUT2D eigenvalue weighted by atomic mass is 10.2. The maximum Gasteiger partial charge on any atom is 0.417 e. The van der Waals surface area contributed by atoms with Crippen LogP contribution in [0.5, 0.6) is 0 Å². The maximum atomic E-state index is 12.4. The number of benzene rings is 1. The van der Waals surface area contributed by atoms with Gasteiger partial charge in [-0.15, -0.1) is 12.6 Å². The molecular weight excluding hydrogens is 346 g/mol. The van der Waals surface area contributed by atoms with Gasteiger partial charge in [0, 0.05) is 11.0 Å². The molecule has 0 aromatic heterocycles. The Hall–Kier alpha value is -0.510. The molecule has 8 heteroatoms. The smallest absolute Gasteiger partial charge is 0.258 e. The summed E-state index contributed by atoms with van der Waals surface area (Å²) in [6, 6.07) is 1.75. The lowest BCUT2D eigenvalue weighted by molar-refractivity contribution is -0.386. The van der Waals surface area contributed by atoms with E-state index < -0.39 is 25.9 Å². The quantitative estimate of drug-likeness (QED) is 0.365. The summed E-state index contributed by atoms with van der Waals surface area (Å²) in [5.41, 5.74) is -1.63. The molecule has 0 aliphatic heterocycles. The van der Waals surface area contributed by atoms with Gasteiger partial charge in [0.2, 0.25) is 0 Å². The van der Waals surface area contributed by atoms with Gasteiger partial charge in [-0.05, 0) is 28.7 Å². The van der Waals surface area contributed by atoms with Gasteiger partial charge in [-0.25, -0.2) is 0 Å². The molecule has 0 atom stereocenters. The van der Waals surface area contributed by atoms with E-state index in [2.05, 4.69) is 12.6 Å². The fourth-order valence-electron chi connectivity index (χ4n) is 0.933. The van der Waals surface area contributed by atoms with Crippen molar-refractivity contribution in [2.45, 2.75) is 11.1 Å². The number of halogens is 4. The Morgan fingerprint density at radius 2 is 1.93 bits per heavy atom. The molecule has 0 spiro atoms. The van der Waals surface area contributed by atoms with Crippen LogP contribution in [0.4, 0.5) is 18.9 Å². The Kier molecular flexibility index (Phi) is 3.48. The summed E-state index contributed by atoms with van der Waals surface area (Å²) >= 11 is 4.99. The summed E-state index contributed by atoms with van der Waals surface area (Å²) in [5, 5.41) is 10.5. The lowest BCUT2D eigenvalue weighted by Gasteiger charge is -2.09. The molecule has 0 fully saturated rings. The van der Waals surface area contributed by atoms with E-state index in [1.165, 1.54) is 22.6 Å². The minimum Gasteiger partial charge on any atom is -0.258 e. The molecule has 0 N–H and O–H groups in total. The molecule has 15 heavy (non-hydrogen) atoms. The van der Waals surface area contributed by atoms with Crippen LogP contribution < -0.4 is 0 Å². The van der Waals surface area contributed by atoms with Crippen molar-refractivity contribution in [3.8, 4) is 0 Å². The molecule has 0 saturated heterocycles. The Bertz CT molecular complexity index is 421. The average Bonchev–Trinajstić information content (AvgIpc) is 2.06. The van der Waals surface area contributed by atoms with E-state index in [4.69, 9.17) is 0 Å². The van der Waals surface area contributed by atoms with Crippen LogP contribution in [0.3, 0.4) is 0 Å². The third-order valence-corrected chi connectivity index (χ3v) is 2.93. The Labute approximate surface area is 101 Å². The molecule has 1 rings (SSSR count). The zero-order valence-electron chi connectivity index (χ0n) is 6.88. The summed E-state index contributed by atoms with van der Waals surface area (Å²) in [6.45, 7) is 0. The van der Waals surface area contributed by atoms with E-state index in [-0.39, 0.29) is 4.90 Å². The van der Waals surface area contributed by atoms with Crippen LogP contribution in [-0.2, 0) is 6.18 Å². The predicted molar refractivity (Wildman–Crippen MR) is 58.1 cm³/mol. The fourth-order valence-corrected chi connectivity index (χ4v) is 2.00. The number of nitro groups is 1. The predicted octanol–water partition coefficient (Wildman–Crippen LogP) is 3.51. The van der Waals surface area contributed by atoms with Crippen molar-refractivity contribution < 1.29 is 18.1 Å². The first kappa shape index (κ1) is 12.6. The second kappa shape index (κ2) is 4.16. The standard InChI is InChI=1S/C7H3F3INO2S/c8-7(9,10)4-1-3(15)2-5(6(4)11)12(13)14/h1-2,15H. The van der Waals surface area contributed by atoms with Crippen molar-refractivity contribution in [1.29, 1.82) is 0 Å². The molecular formula is C7H3F3INO2S. The Morgan fingerprint density at radius 1 is 1.40 bits per heavy atom. The summed E-state index contributed by atoms with van der Waals surface area (Å²) in [7, 11) is 0. The molecule has 0 radical (unpaired) electrons. The van der Waals surface area contributed by atoms with Gasteiger partial charge < -0.3 is 0 Å². The zero-order valence-corrected chi connectivity index (χ0v) is 9.93. The molecule has 0 bridgehead atoms. The van der Waals surface area contributed by atoms with E-state index >= 15 is 0 Å². The van der Waals surface area contributed by atoms with Crippen LogP contribution in [0.2, 0.25) is 0 Å². The third-order valence-electron chi connectivity index (χ3n) is 1.54. The number of hydrogen-bond acceptors (Lipinski definition) is 3. The van der Waals surface area contributed by atoms with Gasteiger partial charge in [0.25, 0.3) is 5.69 Å². The molecule has 0 unspecified atom stereocenters. The molecule has 0 aliphatic carbocycles. The monoisotopic (exact) mass is 349 g/mol. The fraction of sp³-hybridized carbons (Fsp3) is 0.143. The van der Waals surface area contributed by atoms with Gasteiger partial charge in [-0.2, -0.15) is 13.2 Å². The van der Waals surface area contributed by atoms with Crippen LogP contribution in [-0.4, -0.2) is 4.92 Å². The normalized spacial score (nSPS) is 11.5. The van der Waals surface area contributed by atoms with Crippen LogP contribution in [0.1, 0.15) is 5.56 Å². The number of nitrogens with zero attached hydrogens (tertiary/aromatic N) is 1. The molecule has 0 aliphatic rings. The molecule has 0 amide bonds. The van der Waals surface area contributed by atoms with Crippen LogP contribution in [0, 0.1) is 13.7 Å². The maximum absolute atomic E-state index is 12.4. The van der Waals surface area contributed by atoms with Crippen molar-refractivity contribution in [1.82, 2.24) is 0 Å². The summed E-state index contributed by atoms with van der Waals surface area (Å²) in [4.78, 5) is 9.50. The van der Waals surface area contributed by atoms with E-state index in [9.17, 15) is 23.3 Å². The highest BCUT2D eigenvalue weighted by atomic mass is 127. The zero-order chi connectivity index (χ0) is 11.8. The summed E-state index contributed by atoms with van der Waals surface area (Å²) < 4.78 is 36.8. The topological polar surface area (TPSA) is 43.1 Å². The largest absolute Gasteiger partial charge is 0.417 e. The van der Waals surface area contributed by atoms with Gasteiger partial charge in [0.1, 0.15) is 3.57 Å². The van der Waals surface area contributed by atoms with Gasteiger partial charge in [-0.3, -0.25) is 10.1 Å². The number of alkyl halides is 3. The highest BCUT2D eigenvalue weighted by Crippen LogP contribution is 2.38. The summed E-state index contributed by atoms with van der Waals surface area (Å²) in [5.74, 6) is 0. The number of nitro benzene ring substituents is 1. The first-order valence-corrected chi connectivity index (χ1v) is 5.00. The van der Waals surface area contributed by atoms with E-state index in [0.29, 0.717) is 0 Å². The molecule has 82 valence electrons. The first-order chi connectivity index (χ1) is 6.73. The van der Waals surface area contributed by atoms with Crippen LogP contribution in [0.15, 0.2) is 17.0 Å². The van der Waals surface area contributed by atoms with Crippen molar-refractivity contribution >= 4 is 40.9 Å². The molecule has 0 saturated carbocycles. The SMILES string of the molecule is O=[N+]([O-])c1cc(S)cc(C(F)(F)F)c1I.